The summed E-state index contributed by atoms with van der Waals surface area (Å²) < 4.78 is 1.31. The Labute approximate surface area is 100 Å². The van der Waals surface area contributed by atoms with Crippen LogP contribution in [0.25, 0.3) is 0 Å². The van der Waals surface area contributed by atoms with Gasteiger partial charge in [-0.1, -0.05) is 47.2 Å². The first-order valence-corrected chi connectivity index (χ1v) is 7.09. The van der Waals surface area contributed by atoms with Gasteiger partial charge in [0, 0.05) is 0 Å². The molecule has 0 atom stereocenters. The molecule has 0 N–H and O–H groups in total. The third-order valence-electron chi connectivity index (χ3n) is 3.03. The van der Waals surface area contributed by atoms with Gasteiger partial charge >= 0.3 is 0 Å². The third-order valence-corrected chi connectivity index (χ3v) is 3.80. The van der Waals surface area contributed by atoms with Crippen LogP contribution in [0.2, 0.25) is 0 Å². The number of aryl methyl sites for hydroxylation is 3. The van der Waals surface area contributed by atoms with Gasteiger partial charge in [-0.2, -0.15) is 0 Å². The summed E-state index contributed by atoms with van der Waals surface area (Å²) in [6.07, 6.45) is 8.04. The first-order chi connectivity index (χ1) is 6.90. The molecular formula is C13H17I. The Morgan fingerprint density at radius 2 is 1.86 bits per heavy atom. The fraction of sp³-hybridized carbons (Fsp3) is 0.538. The number of hydrogen-bond donors (Lipinski definition) is 0. The van der Waals surface area contributed by atoms with Crippen molar-refractivity contribution in [3.63, 3.8) is 0 Å². The van der Waals surface area contributed by atoms with Crippen LogP contribution in [-0.2, 0) is 19.3 Å². The van der Waals surface area contributed by atoms with Crippen LogP contribution in [0.5, 0.6) is 0 Å². The second-order valence-corrected chi connectivity index (χ2v) is 5.18. The Morgan fingerprint density at radius 1 is 1.00 bits per heavy atom. The standard InChI is InChI=1S/C13H17I/c14-9-3-1-2-4-11-5-6-12-7-8-13(12)10-11/h5-6,10H,1-4,7-9H2. The van der Waals surface area contributed by atoms with E-state index in [9.17, 15) is 0 Å². The number of hydrogen-bond acceptors (Lipinski definition) is 0. The smallest absolute Gasteiger partial charge is 0.000473 e. The predicted molar refractivity (Wildman–Crippen MR) is 70.3 cm³/mol. The van der Waals surface area contributed by atoms with Crippen LogP contribution in [0, 0.1) is 0 Å². The van der Waals surface area contributed by atoms with E-state index < -0.39 is 0 Å². The Balaban J connectivity index is 1.81. The highest BCUT2D eigenvalue weighted by atomic mass is 127. The van der Waals surface area contributed by atoms with Gasteiger partial charge in [0.15, 0.2) is 0 Å². The van der Waals surface area contributed by atoms with Crippen LogP contribution < -0.4 is 0 Å². The minimum absolute atomic E-state index is 1.28. The molecule has 14 heavy (non-hydrogen) atoms. The van der Waals surface area contributed by atoms with Crippen molar-refractivity contribution in [3.05, 3.63) is 34.9 Å². The fourth-order valence-electron chi connectivity index (χ4n) is 2.00. The zero-order chi connectivity index (χ0) is 9.80. The van der Waals surface area contributed by atoms with E-state index in [1.54, 1.807) is 16.7 Å². The molecule has 0 saturated carbocycles. The highest BCUT2D eigenvalue weighted by Crippen LogP contribution is 2.24. The lowest BCUT2D eigenvalue weighted by atomic mass is 9.86. The van der Waals surface area contributed by atoms with Crippen molar-refractivity contribution in [2.24, 2.45) is 0 Å². The Kier molecular flexibility index (Phi) is 3.85. The van der Waals surface area contributed by atoms with Gasteiger partial charge in [0.2, 0.25) is 0 Å². The van der Waals surface area contributed by atoms with E-state index in [-0.39, 0.29) is 0 Å². The predicted octanol–water partition coefficient (Wildman–Crippen LogP) is 3.93. The summed E-state index contributed by atoms with van der Waals surface area (Å²) in [6.45, 7) is 0. The molecule has 2 rings (SSSR count). The summed E-state index contributed by atoms with van der Waals surface area (Å²) in [5, 5.41) is 0. The maximum atomic E-state index is 2.46. The van der Waals surface area contributed by atoms with E-state index in [0.717, 1.165) is 0 Å². The monoisotopic (exact) mass is 300 g/mol. The average molecular weight is 300 g/mol. The highest BCUT2D eigenvalue weighted by Gasteiger charge is 2.12. The van der Waals surface area contributed by atoms with Crippen molar-refractivity contribution in [1.29, 1.82) is 0 Å². The Morgan fingerprint density at radius 3 is 2.50 bits per heavy atom. The Hall–Kier alpha value is -0.0500. The lowest BCUT2D eigenvalue weighted by Gasteiger charge is -2.19. The number of rotatable bonds is 5. The van der Waals surface area contributed by atoms with Crippen molar-refractivity contribution >= 4 is 22.6 Å². The summed E-state index contributed by atoms with van der Waals surface area (Å²) in [4.78, 5) is 0. The molecular weight excluding hydrogens is 283 g/mol. The molecule has 1 aliphatic carbocycles. The minimum atomic E-state index is 1.28. The highest BCUT2D eigenvalue weighted by molar-refractivity contribution is 14.1. The molecule has 1 heteroatoms. The third kappa shape index (κ3) is 2.50. The van der Waals surface area contributed by atoms with Gasteiger partial charge in [-0.25, -0.2) is 0 Å². The number of benzene rings is 1. The molecule has 76 valence electrons. The van der Waals surface area contributed by atoms with Crippen LogP contribution in [0.1, 0.15) is 36.0 Å². The number of halogens is 1. The summed E-state index contributed by atoms with van der Waals surface area (Å²) in [5.41, 5.74) is 4.74. The van der Waals surface area contributed by atoms with E-state index in [1.165, 1.54) is 43.0 Å². The first kappa shape index (κ1) is 10.5. The topological polar surface area (TPSA) is 0 Å². The fourth-order valence-corrected chi connectivity index (χ4v) is 2.54. The van der Waals surface area contributed by atoms with Gasteiger partial charge in [-0.05, 0) is 53.2 Å². The largest absolute Gasteiger partial charge is 0.0864 e. The SMILES string of the molecule is ICCCCCc1ccc2c(c1)CC2. The van der Waals surface area contributed by atoms with E-state index in [1.807, 2.05) is 0 Å². The van der Waals surface area contributed by atoms with Crippen LogP contribution in [0.4, 0.5) is 0 Å². The van der Waals surface area contributed by atoms with Gasteiger partial charge in [0.05, 0.1) is 0 Å². The first-order valence-electron chi connectivity index (χ1n) is 5.57. The van der Waals surface area contributed by atoms with Crippen LogP contribution in [0.15, 0.2) is 18.2 Å². The summed E-state index contributed by atoms with van der Waals surface area (Å²) in [7, 11) is 0. The second kappa shape index (κ2) is 5.15. The van der Waals surface area contributed by atoms with E-state index in [2.05, 4.69) is 40.8 Å². The van der Waals surface area contributed by atoms with Gasteiger partial charge in [0.1, 0.15) is 0 Å². The number of alkyl halides is 1. The van der Waals surface area contributed by atoms with Crippen LogP contribution in [0.3, 0.4) is 0 Å². The van der Waals surface area contributed by atoms with Crippen molar-refractivity contribution in [2.45, 2.75) is 38.5 Å². The van der Waals surface area contributed by atoms with Crippen molar-refractivity contribution in [3.8, 4) is 0 Å². The summed E-state index contributed by atoms with van der Waals surface area (Å²) in [5.74, 6) is 0. The molecule has 0 aliphatic heterocycles. The summed E-state index contributed by atoms with van der Waals surface area (Å²) in [6, 6.07) is 7.07. The van der Waals surface area contributed by atoms with Crippen LogP contribution >= 0.6 is 22.6 Å². The molecule has 0 unspecified atom stereocenters. The Bertz CT molecular complexity index is 304. The van der Waals surface area contributed by atoms with E-state index in [4.69, 9.17) is 0 Å². The van der Waals surface area contributed by atoms with Gasteiger partial charge in [-0.15, -0.1) is 0 Å². The van der Waals surface area contributed by atoms with Gasteiger partial charge in [-0.3, -0.25) is 0 Å². The molecule has 0 radical (unpaired) electrons. The maximum Gasteiger partial charge on any atom is -0.000473 e. The minimum Gasteiger partial charge on any atom is -0.0864 e. The van der Waals surface area contributed by atoms with E-state index in [0.29, 0.717) is 0 Å². The molecule has 1 aromatic carbocycles. The lowest BCUT2D eigenvalue weighted by molar-refractivity contribution is 0.723. The molecule has 1 aromatic rings. The van der Waals surface area contributed by atoms with Crippen molar-refractivity contribution in [1.82, 2.24) is 0 Å². The number of fused-ring (bicyclic) bond motifs is 1. The average Bonchev–Trinajstić information content (AvgIpc) is 2.16. The van der Waals surface area contributed by atoms with Gasteiger partial charge < -0.3 is 0 Å². The molecule has 0 bridgehead atoms. The maximum absolute atomic E-state index is 2.46. The van der Waals surface area contributed by atoms with Crippen molar-refractivity contribution < 1.29 is 0 Å². The number of unbranched alkanes of at least 4 members (excludes halogenated alkanes) is 2. The normalized spacial score (nSPS) is 13.5. The van der Waals surface area contributed by atoms with E-state index >= 15 is 0 Å². The van der Waals surface area contributed by atoms with Gasteiger partial charge in [0.25, 0.3) is 0 Å². The molecule has 0 spiro atoms. The van der Waals surface area contributed by atoms with Crippen LogP contribution in [-0.4, -0.2) is 4.43 Å². The molecule has 0 fully saturated rings. The summed E-state index contributed by atoms with van der Waals surface area (Å²) >= 11 is 2.46. The quantitative estimate of drug-likeness (QED) is 0.439. The van der Waals surface area contributed by atoms with Crippen molar-refractivity contribution in [2.75, 3.05) is 4.43 Å². The molecule has 0 aromatic heterocycles. The second-order valence-electron chi connectivity index (χ2n) is 4.10. The molecule has 0 nitrogen and oxygen atoms in total. The zero-order valence-electron chi connectivity index (χ0n) is 8.56. The molecule has 1 aliphatic rings. The molecule has 0 heterocycles. The molecule has 0 amide bonds. The molecule has 0 saturated heterocycles. The zero-order valence-corrected chi connectivity index (χ0v) is 10.7. The lowest BCUT2D eigenvalue weighted by Crippen LogP contribution is -2.08.